The fourth-order valence-corrected chi connectivity index (χ4v) is 2.91. The van der Waals surface area contributed by atoms with Gasteiger partial charge in [0.2, 0.25) is 0 Å². The van der Waals surface area contributed by atoms with Crippen molar-refractivity contribution in [1.29, 1.82) is 0 Å². The summed E-state index contributed by atoms with van der Waals surface area (Å²) in [5.74, 6) is 0.474. The predicted molar refractivity (Wildman–Crippen MR) is 107 cm³/mol. The molecule has 0 atom stereocenters. The molecule has 0 spiro atoms. The lowest BCUT2D eigenvalue weighted by atomic mass is 10.1. The van der Waals surface area contributed by atoms with Gasteiger partial charge in [-0.3, -0.25) is 9.48 Å². The van der Waals surface area contributed by atoms with Gasteiger partial charge in [0.1, 0.15) is 5.75 Å². The number of rotatable bonds is 5. The second-order valence-corrected chi connectivity index (χ2v) is 6.25. The van der Waals surface area contributed by atoms with Crippen LogP contribution in [0.25, 0.3) is 16.9 Å². The zero-order valence-corrected chi connectivity index (χ0v) is 15.5. The number of hydrogen-bond donors (Lipinski definition) is 1. The number of nitrogens with one attached hydrogen (secondary N) is 1. The van der Waals surface area contributed by atoms with Crippen LogP contribution in [0.1, 0.15) is 10.5 Å². The maximum Gasteiger partial charge on any atom is 0.276 e. The van der Waals surface area contributed by atoms with Crippen LogP contribution in [0.15, 0.2) is 73.1 Å². The topological polar surface area (TPSA) is 74.0 Å². The van der Waals surface area contributed by atoms with Crippen molar-refractivity contribution in [3.8, 4) is 22.7 Å². The lowest BCUT2D eigenvalue weighted by molar-refractivity contribution is 0.102. The SMILES string of the molecule is COc1ccc(-c2cc(C(=O)Nc3cnn(C)c3)nn2-c2ccccc2)cc1. The molecule has 0 saturated carbocycles. The summed E-state index contributed by atoms with van der Waals surface area (Å²) >= 11 is 0. The fraction of sp³-hybridized carbons (Fsp3) is 0.0952. The number of benzene rings is 2. The molecular formula is C21H19N5O2. The summed E-state index contributed by atoms with van der Waals surface area (Å²) in [5.41, 5.74) is 3.54. The van der Waals surface area contributed by atoms with Gasteiger partial charge in [-0.25, -0.2) is 4.68 Å². The number of carbonyl (C=O) groups excluding carboxylic acids is 1. The van der Waals surface area contributed by atoms with E-state index in [0.717, 1.165) is 22.7 Å². The molecule has 1 N–H and O–H groups in total. The molecule has 140 valence electrons. The Morgan fingerprint density at radius 2 is 1.82 bits per heavy atom. The third kappa shape index (κ3) is 3.50. The lowest BCUT2D eigenvalue weighted by Crippen LogP contribution is -2.12. The van der Waals surface area contributed by atoms with Gasteiger partial charge in [-0.15, -0.1) is 0 Å². The van der Waals surface area contributed by atoms with Gasteiger partial charge < -0.3 is 10.1 Å². The van der Waals surface area contributed by atoms with E-state index in [0.29, 0.717) is 11.4 Å². The van der Waals surface area contributed by atoms with Crippen LogP contribution in [-0.2, 0) is 7.05 Å². The largest absolute Gasteiger partial charge is 0.497 e. The second-order valence-electron chi connectivity index (χ2n) is 6.25. The van der Waals surface area contributed by atoms with Crippen LogP contribution in [0, 0.1) is 0 Å². The van der Waals surface area contributed by atoms with Crippen molar-refractivity contribution in [2.45, 2.75) is 0 Å². The highest BCUT2D eigenvalue weighted by molar-refractivity contribution is 6.03. The van der Waals surface area contributed by atoms with Gasteiger partial charge >= 0.3 is 0 Å². The van der Waals surface area contributed by atoms with Gasteiger partial charge in [-0.05, 0) is 42.5 Å². The maximum absolute atomic E-state index is 12.7. The van der Waals surface area contributed by atoms with Crippen LogP contribution in [0.4, 0.5) is 5.69 Å². The summed E-state index contributed by atoms with van der Waals surface area (Å²) in [5, 5.41) is 11.4. The van der Waals surface area contributed by atoms with Crippen LogP contribution < -0.4 is 10.1 Å². The molecule has 2 heterocycles. The number of amides is 1. The molecule has 1 amide bonds. The zero-order valence-electron chi connectivity index (χ0n) is 15.5. The molecule has 0 aliphatic rings. The molecule has 4 rings (SSSR count). The normalized spacial score (nSPS) is 10.6. The van der Waals surface area contributed by atoms with Crippen LogP contribution in [0.2, 0.25) is 0 Å². The minimum Gasteiger partial charge on any atom is -0.497 e. The Kier molecular flexibility index (Phi) is 4.63. The van der Waals surface area contributed by atoms with E-state index >= 15 is 0 Å². The van der Waals surface area contributed by atoms with Gasteiger partial charge in [-0.2, -0.15) is 10.2 Å². The van der Waals surface area contributed by atoms with Crippen LogP contribution >= 0.6 is 0 Å². The lowest BCUT2D eigenvalue weighted by Gasteiger charge is -2.08. The number of methoxy groups -OCH3 is 1. The molecule has 0 aliphatic heterocycles. The van der Waals surface area contributed by atoms with Gasteiger partial charge in [0.15, 0.2) is 5.69 Å². The quantitative estimate of drug-likeness (QED) is 0.581. The summed E-state index contributed by atoms with van der Waals surface area (Å²) < 4.78 is 8.63. The Balaban J connectivity index is 1.74. The van der Waals surface area contributed by atoms with Gasteiger partial charge in [-0.1, -0.05) is 18.2 Å². The molecular weight excluding hydrogens is 354 g/mol. The molecule has 0 aliphatic carbocycles. The van der Waals surface area contributed by atoms with E-state index in [1.165, 1.54) is 0 Å². The first-order valence-corrected chi connectivity index (χ1v) is 8.74. The number of aryl methyl sites for hydroxylation is 1. The second kappa shape index (κ2) is 7.40. The zero-order chi connectivity index (χ0) is 19.5. The first-order chi connectivity index (χ1) is 13.6. The van der Waals surface area contributed by atoms with Crippen LogP contribution in [0.5, 0.6) is 5.75 Å². The molecule has 28 heavy (non-hydrogen) atoms. The average Bonchev–Trinajstić information content (AvgIpc) is 3.35. The van der Waals surface area contributed by atoms with E-state index in [2.05, 4.69) is 15.5 Å². The molecule has 2 aromatic heterocycles. The number of para-hydroxylation sites is 1. The number of aromatic nitrogens is 4. The third-order valence-corrected chi connectivity index (χ3v) is 4.29. The van der Waals surface area contributed by atoms with E-state index in [4.69, 9.17) is 4.74 Å². The minimum absolute atomic E-state index is 0.294. The van der Waals surface area contributed by atoms with E-state index < -0.39 is 0 Å². The molecule has 0 fully saturated rings. The summed E-state index contributed by atoms with van der Waals surface area (Å²) in [6, 6.07) is 19.1. The van der Waals surface area contributed by atoms with Gasteiger partial charge in [0, 0.05) is 18.8 Å². The number of hydrogen-bond acceptors (Lipinski definition) is 4. The van der Waals surface area contributed by atoms with Crippen molar-refractivity contribution in [2.24, 2.45) is 7.05 Å². The summed E-state index contributed by atoms with van der Waals surface area (Å²) in [6.07, 6.45) is 3.33. The van der Waals surface area contributed by atoms with Crippen molar-refractivity contribution in [1.82, 2.24) is 19.6 Å². The highest BCUT2D eigenvalue weighted by atomic mass is 16.5. The molecule has 2 aromatic carbocycles. The Labute approximate surface area is 162 Å². The highest BCUT2D eigenvalue weighted by Crippen LogP contribution is 2.26. The van der Waals surface area contributed by atoms with E-state index in [1.807, 2.05) is 54.6 Å². The fourth-order valence-electron chi connectivity index (χ4n) is 2.91. The van der Waals surface area contributed by atoms with Crippen molar-refractivity contribution in [2.75, 3.05) is 12.4 Å². The molecule has 0 saturated heterocycles. The highest BCUT2D eigenvalue weighted by Gasteiger charge is 2.17. The summed E-state index contributed by atoms with van der Waals surface area (Å²) in [4.78, 5) is 12.7. The average molecular weight is 373 g/mol. The molecule has 0 unspecified atom stereocenters. The minimum atomic E-state index is -0.294. The smallest absolute Gasteiger partial charge is 0.276 e. The Morgan fingerprint density at radius 3 is 2.46 bits per heavy atom. The third-order valence-electron chi connectivity index (χ3n) is 4.29. The summed E-state index contributed by atoms with van der Waals surface area (Å²) in [6.45, 7) is 0. The Bertz CT molecular complexity index is 1100. The van der Waals surface area contributed by atoms with Gasteiger partial charge in [0.25, 0.3) is 5.91 Å². The summed E-state index contributed by atoms with van der Waals surface area (Å²) in [7, 11) is 3.42. The van der Waals surface area contributed by atoms with E-state index in [9.17, 15) is 4.79 Å². The number of ether oxygens (including phenoxy) is 1. The van der Waals surface area contributed by atoms with Crippen LogP contribution in [0.3, 0.4) is 0 Å². The predicted octanol–water partition coefficient (Wildman–Crippen LogP) is 3.53. The van der Waals surface area contributed by atoms with Crippen molar-refractivity contribution < 1.29 is 9.53 Å². The first-order valence-electron chi connectivity index (χ1n) is 8.74. The van der Waals surface area contributed by atoms with E-state index in [1.54, 1.807) is 42.0 Å². The standard InChI is InChI=1S/C21H19N5O2/c1-25-14-16(13-22-25)23-21(27)19-12-20(15-8-10-18(28-2)11-9-15)26(24-19)17-6-4-3-5-7-17/h3-14H,1-2H3,(H,23,27). The van der Waals surface area contributed by atoms with E-state index in [-0.39, 0.29) is 5.91 Å². The van der Waals surface area contributed by atoms with Gasteiger partial charge in [0.05, 0.1) is 30.4 Å². The number of anilines is 1. The molecule has 7 heteroatoms. The molecule has 7 nitrogen and oxygen atoms in total. The molecule has 4 aromatic rings. The van der Waals surface area contributed by atoms with Crippen molar-refractivity contribution in [3.63, 3.8) is 0 Å². The number of nitrogens with zero attached hydrogens (tertiary/aromatic N) is 4. The monoisotopic (exact) mass is 373 g/mol. The maximum atomic E-state index is 12.7. The van der Waals surface area contributed by atoms with Crippen molar-refractivity contribution >= 4 is 11.6 Å². The van der Waals surface area contributed by atoms with Crippen molar-refractivity contribution in [3.05, 3.63) is 78.8 Å². The number of carbonyl (C=O) groups is 1. The molecule has 0 radical (unpaired) electrons. The first kappa shape index (κ1) is 17.5. The molecule has 0 bridgehead atoms. The Hall–Kier alpha value is -3.87. The van der Waals surface area contributed by atoms with Crippen LogP contribution in [-0.4, -0.2) is 32.6 Å². The Morgan fingerprint density at radius 1 is 1.07 bits per heavy atom.